The Kier molecular flexibility index (Phi) is 8.08. The number of nitrogens with one attached hydrogen (secondary N) is 3. The topological polar surface area (TPSA) is 68.9 Å². The van der Waals surface area contributed by atoms with Gasteiger partial charge in [-0.2, -0.15) is 4.98 Å². The first kappa shape index (κ1) is 22.1. The number of benzene rings is 1. The lowest BCUT2D eigenvalue weighted by molar-refractivity contribution is 0.295. The highest BCUT2D eigenvalue weighted by Gasteiger charge is 2.08. The highest BCUT2D eigenvalue weighted by Crippen LogP contribution is 2.18. The number of anilines is 2. The molecule has 0 saturated heterocycles. The number of para-hydroxylation sites is 1. The monoisotopic (exact) mass is 408 g/mol. The Bertz CT molecular complexity index is 915. The minimum atomic E-state index is 0.349. The van der Waals surface area contributed by atoms with Gasteiger partial charge in [-0.25, -0.2) is 4.98 Å². The minimum Gasteiger partial charge on any atom is -0.370 e. The molecule has 30 heavy (non-hydrogen) atoms. The fraction of sp³-hybridized carbons (Fsp3) is 0.500. The van der Waals surface area contributed by atoms with Crippen molar-refractivity contribution in [2.45, 2.75) is 53.0 Å². The third-order valence-corrected chi connectivity index (χ3v) is 5.61. The molecule has 3 N–H and O–H groups in total. The van der Waals surface area contributed by atoms with Crippen LogP contribution in [0.25, 0.3) is 10.9 Å². The van der Waals surface area contributed by atoms with Crippen molar-refractivity contribution in [3.05, 3.63) is 47.8 Å². The lowest BCUT2D eigenvalue weighted by Crippen LogP contribution is -2.26. The third kappa shape index (κ3) is 6.20. The van der Waals surface area contributed by atoms with Gasteiger partial charge in [0, 0.05) is 41.4 Å². The average Bonchev–Trinajstić information content (AvgIpc) is 3.14. The number of hydrogen-bond donors (Lipinski definition) is 3. The minimum absolute atomic E-state index is 0.349. The van der Waals surface area contributed by atoms with Gasteiger partial charge in [-0.05, 0) is 64.4 Å². The molecule has 0 unspecified atom stereocenters. The summed E-state index contributed by atoms with van der Waals surface area (Å²) in [5, 5.41) is 8.23. The molecule has 2 heterocycles. The highest BCUT2D eigenvalue weighted by atomic mass is 15.2. The standard InChI is InChI=1S/C24H36N6/c1-5-30(6-2)15-9-10-18(3)27-24-28-19(4)16-23(29-24)25-14-13-20-17-26-22-12-8-7-11-21(20)22/h7-8,11-12,16-18,26H,5-6,9-10,13-15H2,1-4H3,(H2,25,27,28,29)/t18-/m1/s1. The van der Waals surface area contributed by atoms with Crippen molar-refractivity contribution in [2.75, 3.05) is 36.8 Å². The van der Waals surface area contributed by atoms with Crippen molar-refractivity contribution < 1.29 is 0 Å². The second-order valence-corrected chi connectivity index (χ2v) is 7.97. The number of aryl methyl sites for hydroxylation is 1. The van der Waals surface area contributed by atoms with Crippen LogP contribution >= 0.6 is 0 Å². The van der Waals surface area contributed by atoms with E-state index in [2.05, 4.69) is 81.7 Å². The number of nitrogens with zero attached hydrogens (tertiary/aromatic N) is 3. The van der Waals surface area contributed by atoms with Crippen LogP contribution in [0.15, 0.2) is 36.5 Å². The van der Waals surface area contributed by atoms with E-state index in [9.17, 15) is 0 Å². The van der Waals surface area contributed by atoms with Gasteiger partial charge < -0.3 is 20.5 Å². The number of hydrogen-bond acceptors (Lipinski definition) is 5. The molecular formula is C24H36N6. The van der Waals surface area contributed by atoms with Gasteiger partial charge in [-0.15, -0.1) is 0 Å². The van der Waals surface area contributed by atoms with Crippen molar-refractivity contribution >= 4 is 22.7 Å². The zero-order chi connectivity index (χ0) is 21.3. The summed E-state index contributed by atoms with van der Waals surface area (Å²) in [6.45, 7) is 12.9. The molecule has 0 aliphatic carbocycles. The van der Waals surface area contributed by atoms with Gasteiger partial charge in [0.1, 0.15) is 5.82 Å². The molecule has 0 bridgehead atoms. The molecule has 2 aromatic heterocycles. The maximum atomic E-state index is 4.68. The summed E-state index contributed by atoms with van der Waals surface area (Å²) in [6.07, 6.45) is 5.33. The van der Waals surface area contributed by atoms with Gasteiger partial charge in [0.15, 0.2) is 0 Å². The van der Waals surface area contributed by atoms with Gasteiger partial charge in [0.25, 0.3) is 0 Å². The van der Waals surface area contributed by atoms with Crippen LogP contribution in [0.1, 0.15) is 44.9 Å². The summed E-state index contributed by atoms with van der Waals surface area (Å²) in [5.41, 5.74) is 3.48. The summed E-state index contributed by atoms with van der Waals surface area (Å²) in [7, 11) is 0. The van der Waals surface area contributed by atoms with Gasteiger partial charge >= 0.3 is 0 Å². The van der Waals surface area contributed by atoms with Crippen molar-refractivity contribution in [3.63, 3.8) is 0 Å². The smallest absolute Gasteiger partial charge is 0.225 e. The van der Waals surface area contributed by atoms with Gasteiger partial charge in [0.2, 0.25) is 5.95 Å². The summed E-state index contributed by atoms with van der Waals surface area (Å²) < 4.78 is 0. The summed E-state index contributed by atoms with van der Waals surface area (Å²) >= 11 is 0. The molecule has 6 nitrogen and oxygen atoms in total. The molecule has 6 heteroatoms. The first-order valence-corrected chi connectivity index (χ1v) is 11.2. The van der Waals surface area contributed by atoms with E-state index in [1.54, 1.807) is 0 Å². The van der Waals surface area contributed by atoms with Crippen molar-refractivity contribution in [3.8, 4) is 0 Å². The van der Waals surface area contributed by atoms with Crippen LogP contribution in [0.4, 0.5) is 11.8 Å². The van der Waals surface area contributed by atoms with E-state index in [1.165, 1.54) is 22.9 Å². The number of fused-ring (bicyclic) bond motifs is 1. The van der Waals surface area contributed by atoms with Crippen molar-refractivity contribution in [2.24, 2.45) is 0 Å². The Morgan fingerprint density at radius 1 is 1.13 bits per heavy atom. The number of H-pyrrole nitrogens is 1. The molecule has 3 rings (SSSR count). The Balaban J connectivity index is 1.50. The molecule has 0 aliphatic rings. The molecule has 0 amide bonds. The van der Waals surface area contributed by atoms with Crippen molar-refractivity contribution in [1.82, 2.24) is 19.9 Å². The first-order chi connectivity index (χ1) is 14.6. The molecule has 0 spiro atoms. The number of rotatable bonds is 12. The Morgan fingerprint density at radius 2 is 1.93 bits per heavy atom. The first-order valence-electron chi connectivity index (χ1n) is 11.2. The second kappa shape index (κ2) is 11.0. The van der Waals surface area contributed by atoms with Gasteiger partial charge in [0.05, 0.1) is 0 Å². The number of aromatic amines is 1. The average molecular weight is 409 g/mol. The molecule has 162 valence electrons. The van der Waals surface area contributed by atoms with E-state index in [-0.39, 0.29) is 0 Å². The maximum absolute atomic E-state index is 4.68. The Labute approximate surface area is 180 Å². The maximum Gasteiger partial charge on any atom is 0.225 e. The molecule has 1 aromatic carbocycles. The Morgan fingerprint density at radius 3 is 2.73 bits per heavy atom. The number of aromatic nitrogens is 3. The van der Waals surface area contributed by atoms with Crippen LogP contribution in [-0.2, 0) is 6.42 Å². The van der Waals surface area contributed by atoms with E-state index < -0.39 is 0 Å². The lowest BCUT2D eigenvalue weighted by Gasteiger charge is -2.20. The van der Waals surface area contributed by atoms with Crippen LogP contribution in [0.3, 0.4) is 0 Å². The van der Waals surface area contributed by atoms with Crippen LogP contribution in [0.5, 0.6) is 0 Å². The van der Waals surface area contributed by atoms with Crippen LogP contribution in [-0.4, -0.2) is 52.1 Å². The molecule has 0 aliphatic heterocycles. The zero-order valence-corrected chi connectivity index (χ0v) is 18.8. The quantitative estimate of drug-likeness (QED) is 0.400. The summed E-state index contributed by atoms with van der Waals surface area (Å²) in [4.78, 5) is 15.1. The third-order valence-electron chi connectivity index (χ3n) is 5.61. The van der Waals surface area contributed by atoms with E-state index >= 15 is 0 Å². The molecule has 0 fully saturated rings. The Hall–Kier alpha value is -2.60. The molecule has 3 aromatic rings. The van der Waals surface area contributed by atoms with Crippen molar-refractivity contribution in [1.29, 1.82) is 0 Å². The van der Waals surface area contributed by atoms with Crippen LogP contribution in [0.2, 0.25) is 0 Å². The molecule has 0 saturated carbocycles. The van der Waals surface area contributed by atoms with Gasteiger partial charge in [-0.1, -0.05) is 32.0 Å². The SMILES string of the molecule is CCN(CC)CCC[C@@H](C)Nc1nc(C)cc(NCCc2c[nH]c3ccccc23)n1. The van der Waals surface area contributed by atoms with Crippen LogP contribution < -0.4 is 10.6 Å². The largest absolute Gasteiger partial charge is 0.370 e. The summed E-state index contributed by atoms with van der Waals surface area (Å²) in [6, 6.07) is 10.8. The fourth-order valence-electron chi connectivity index (χ4n) is 3.84. The van der Waals surface area contributed by atoms with E-state index in [0.717, 1.165) is 50.5 Å². The van der Waals surface area contributed by atoms with Crippen LogP contribution in [0, 0.1) is 6.92 Å². The predicted molar refractivity (Wildman–Crippen MR) is 127 cm³/mol. The molecular weight excluding hydrogens is 372 g/mol. The van der Waals surface area contributed by atoms with E-state index in [1.807, 2.05) is 13.0 Å². The molecule has 1 atom stereocenters. The zero-order valence-electron chi connectivity index (χ0n) is 18.8. The lowest BCUT2D eigenvalue weighted by atomic mass is 10.1. The second-order valence-electron chi connectivity index (χ2n) is 7.97. The summed E-state index contributed by atoms with van der Waals surface area (Å²) in [5.74, 6) is 1.58. The normalized spacial score (nSPS) is 12.4. The molecule has 0 radical (unpaired) electrons. The fourth-order valence-corrected chi connectivity index (χ4v) is 3.84. The van der Waals surface area contributed by atoms with E-state index in [0.29, 0.717) is 12.0 Å². The van der Waals surface area contributed by atoms with Gasteiger partial charge in [-0.3, -0.25) is 0 Å². The highest BCUT2D eigenvalue weighted by molar-refractivity contribution is 5.83. The van der Waals surface area contributed by atoms with E-state index in [4.69, 9.17) is 0 Å². The predicted octanol–water partition coefficient (Wildman–Crippen LogP) is 4.84.